The Hall–Kier alpha value is -1.72. The number of amides is 2. The zero-order valence-corrected chi connectivity index (χ0v) is 14.0. The first kappa shape index (κ1) is 19.3. The number of carboxylic acid groups (broad SMARTS) is 1. The van der Waals surface area contributed by atoms with Gasteiger partial charge in [-0.15, -0.1) is 0 Å². The number of likely N-dealkylation sites (N-methyl/N-ethyl adjacent to an activating group) is 1. The number of aliphatic carboxylic acids is 1. The molecule has 1 N–H and O–H groups in total. The van der Waals surface area contributed by atoms with E-state index in [2.05, 4.69) is 13.7 Å². The van der Waals surface area contributed by atoms with Gasteiger partial charge in [0.2, 0.25) is 5.91 Å². The largest absolute Gasteiger partial charge is 0.547 e. The Balaban J connectivity index is 2.93. The molecule has 2 amide bonds. The maximum absolute atomic E-state index is 12.1. The predicted molar refractivity (Wildman–Crippen MR) is 73.8 cm³/mol. The Morgan fingerprint density at radius 3 is 2.13 bits per heavy atom. The number of carbonyl (C=O) groups excluding carboxylic acids is 3. The molecule has 1 rings (SSSR count). The van der Waals surface area contributed by atoms with Gasteiger partial charge in [0.05, 0.1) is 5.97 Å². The van der Waals surface area contributed by atoms with Crippen LogP contribution in [0.3, 0.4) is 0 Å². The highest BCUT2D eigenvalue weighted by molar-refractivity contribution is 7.82. The summed E-state index contributed by atoms with van der Waals surface area (Å²) in [6.45, 7) is 3.65. The topological polar surface area (TPSA) is 142 Å². The number of hydrogen-bond donors (Lipinski definition) is 1. The van der Waals surface area contributed by atoms with Crippen molar-refractivity contribution in [1.29, 1.82) is 0 Å². The Kier molecular flexibility index (Phi) is 6.08. The fourth-order valence-corrected chi connectivity index (χ4v) is 2.90. The van der Waals surface area contributed by atoms with Gasteiger partial charge in [-0.05, 0) is 12.3 Å². The Bertz CT molecular complexity index is 586. The second kappa shape index (κ2) is 7.23. The molecule has 0 unspecified atom stereocenters. The highest BCUT2D eigenvalue weighted by Gasteiger charge is 2.46. The SMILES string of the molecule is CC(C)C[C@H](NC(=O)[C@H]1OS(=O)(=O)O[C@@H]1C(=O)[O-])C(=O)N(C)C. The van der Waals surface area contributed by atoms with Crippen LogP contribution in [0.25, 0.3) is 0 Å². The molecule has 0 aliphatic carbocycles. The van der Waals surface area contributed by atoms with Crippen molar-refractivity contribution in [2.75, 3.05) is 14.1 Å². The molecule has 23 heavy (non-hydrogen) atoms. The average molecular weight is 351 g/mol. The summed E-state index contributed by atoms with van der Waals surface area (Å²) in [6, 6.07) is -0.952. The summed E-state index contributed by atoms with van der Waals surface area (Å²) in [5.74, 6) is -3.36. The van der Waals surface area contributed by atoms with Gasteiger partial charge in [0.15, 0.2) is 12.2 Å². The number of nitrogens with zero attached hydrogens (tertiary/aromatic N) is 1. The van der Waals surface area contributed by atoms with E-state index < -0.39 is 46.4 Å². The second-order valence-corrected chi connectivity index (χ2v) is 6.89. The van der Waals surface area contributed by atoms with E-state index in [0.29, 0.717) is 0 Å². The summed E-state index contributed by atoms with van der Waals surface area (Å²) in [7, 11) is -1.62. The van der Waals surface area contributed by atoms with Gasteiger partial charge in [-0.2, -0.15) is 8.42 Å². The van der Waals surface area contributed by atoms with Crippen molar-refractivity contribution < 1.29 is 36.3 Å². The summed E-state index contributed by atoms with van der Waals surface area (Å²) in [5, 5.41) is 13.2. The van der Waals surface area contributed by atoms with E-state index in [1.165, 1.54) is 19.0 Å². The maximum atomic E-state index is 12.1. The summed E-state index contributed by atoms with van der Waals surface area (Å²) in [6.07, 6.45) is -3.78. The standard InChI is InChI=1S/C12H20N2O8S/c1-6(2)5-7(11(16)14(3)4)13-10(15)8-9(12(17)18)22-23(19,20)21-8/h6-9H,5H2,1-4H3,(H,13,15)(H,17,18)/p-1/t7-,8-,9-/m0/s1. The number of carbonyl (C=O) groups is 3. The van der Waals surface area contributed by atoms with Gasteiger partial charge in [0.25, 0.3) is 5.91 Å². The van der Waals surface area contributed by atoms with Crippen LogP contribution in [0.2, 0.25) is 0 Å². The quantitative estimate of drug-likeness (QED) is 0.548. The minimum absolute atomic E-state index is 0.0469. The average Bonchev–Trinajstić information content (AvgIpc) is 2.72. The van der Waals surface area contributed by atoms with Crippen molar-refractivity contribution in [3.63, 3.8) is 0 Å². The van der Waals surface area contributed by atoms with E-state index in [0.717, 1.165) is 0 Å². The van der Waals surface area contributed by atoms with Crippen LogP contribution in [0.5, 0.6) is 0 Å². The van der Waals surface area contributed by atoms with Crippen molar-refractivity contribution >= 4 is 28.2 Å². The van der Waals surface area contributed by atoms with Gasteiger partial charge in [0.1, 0.15) is 6.04 Å². The molecule has 0 radical (unpaired) electrons. The van der Waals surface area contributed by atoms with E-state index >= 15 is 0 Å². The Labute approximate surface area is 134 Å². The van der Waals surface area contributed by atoms with Gasteiger partial charge >= 0.3 is 10.4 Å². The van der Waals surface area contributed by atoms with Gasteiger partial charge in [-0.1, -0.05) is 13.8 Å². The monoisotopic (exact) mass is 351 g/mol. The fourth-order valence-electron chi connectivity index (χ4n) is 1.98. The fraction of sp³-hybridized carbons (Fsp3) is 0.750. The molecule has 1 fully saturated rings. The zero-order chi connectivity index (χ0) is 17.9. The van der Waals surface area contributed by atoms with Crippen LogP contribution in [0, 0.1) is 5.92 Å². The molecule has 1 aliphatic heterocycles. The Morgan fingerprint density at radius 2 is 1.70 bits per heavy atom. The van der Waals surface area contributed by atoms with Crippen LogP contribution >= 0.6 is 0 Å². The predicted octanol–water partition coefficient (Wildman–Crippen LogP) is -2.62. The molecule has 1 heterocycles. The van der Waals surface area contributed by atoms with E-state index in [1.807, 2.05) is 13.8 Å². The maximum Gasteiger partial charge on any atom is 0.401 e. The van der Waals surface area contributed by atoms with Crippen LogP contribution in [-0.4, -0.2) is 63.4 Å². The van der Waals surface area contributed by atoms with E-state index in [-0.39, 0.29) is 12.3 Å². The smallest absolute Gasteiger partial charge is 0.401 e. The minimum Gasteiger partial charge on any atom is -0.547 e. The number of carboxylic acids is 1. The third-order valence-electron chi connectivity index (χ3n) is 2.97. The first-order valence-corrected chi connectivity index (χ1v) is 8.12. The van der Waals surface area contributed by atoms with Crippen molar-refractivity contribution in [2.45, 2.75) is 38.5 Å². The third-order valence-corrected chi connectivity index (χ3v) is 3.86. The van der Waals surface area contributed by atoms with Crippen LogP contribution in [0.1, 0.15) is 20.3 Å². The lowest BCUT2D eigenvalue weighted by Crippen LogP contribution is -2.54. The molecule has 0 saturated carbocycles. The lowest BCUT2D eigenvalue weighted by Gasteiger charge is -2.24. The van der Waals surface area contributed by atoms with Gasteiger partial charge < -0.3 is 20.1 Å². The second-order valence-electron chi connectivity index (χ2n) is 5.68. The van der Waals surface area contributed by atoms with Gasteiger partial charge in [-0.3, -0.25) is 9.59 Å². The van der Waals surface area contributed by atoms with Crippen molar-refractivity contribution in [1.82, 2.24) is 10.2 Å². The number of rotatable bonds is 6. The number of nitrogens with one attached hydrogen (secondary N) is 1. The molecular weight excluding hydrogens is 332 g/mol. The normalized spacial score (nSPS) is 24.2. The molecule has 11 heteroatoms. The minimum atomic E-state index is -4.61. The van der Waals surface area contributed by atoms with Crippen LogP contribution in [0.15, 0.2) is 0 Å². The van der Waals surface area contributed by atoms with Gasteiger partial charge in [-0.25, -0.2) is 8.37 Å². The summed E-state index contributed by atoms with van der Waals surface area (Å²) in [5.41, 5.74) is 0. The molecule has 10 nitrogen and oxygen atoms in total. The Morgan fingerprint density at radius 1 is 1.17 bits per heavy atom. The first-order valence-electron chi connectivity index (χ1n) is 6.78. The van der Waals surface area contributed by atoms with Crippen LogP contribution in [-0.2, 0) is 33.1 Å². The van der Waals surface area contributed by atoms with Crippen molar-refractivity contribution in [3.8, 4) is 0 Å². The molecule has 0 aromatic carbocycles. The molecule has 132 valence electrons. The molecule has 0 aromatic heterocycles. The van der Waals surface area contributed by atoms with Crippen molar-refractivity contribution in [3.05, 3.63) is 0 Å². The third kappa shape index (κ3) is 5.15. The molecule has 1 saturated heterocycles. The van der Waals surface area contributed by atoms with Crippen molar-refractivity contribution in [2.24, 2.45) is 5.92 Å². The van der Waals surface area contributed by atoms with E-state index in [4.69, 9.17) is 0 Å². The lowest BCUT2D eigenvalue weighted by molar-refractivity contribution is -0.314. The zero-order valence-electron chi connectivity index (χ0n) is 13.1. The highest BCUT2D eigenvalue weighted by atomic mass is 32.3. The summed E-state index contributed by atoms with van der Waals surface area (Å²) >= 11 is 0. The van der Waals surface area contributed by atoms with Gasteiger partial charge in [0, 0.05) is 14.1 Å². The van der Waals surface area contributed by atoms with E-state index in [1.54, 1.807) is 0 Å². The highest BCUT2D eigenvalue weighted by Crippen LogP contribution is 2.21. The summed E-state index contributed by atoms with van der Waals surface area (Å²) < 4.78 is 30.8. The lowest BCUT2D eigenvalue weighted by atomic mass is 10.0. The summed E-state index contributed by atoms with van der Waals surface area (Å²) in [4.78, 5) is 36.3. The number of hydrogen-bond acceptors (Lipinski definition) is 8. The molecule has 1 aliphatic rings. The molecular formula is C12H19N2O8S-. The molecule has 3 atom stereocenters. The van der Waals surface area contributed by atoms with E-state index in [9.17, 15) is 27.9 Å². The molecule has 0 aromatic rings. The molecule has 0 bridgehead atoms. The first-order chi connectivity index (χ1) is 10.4. The van der Waals surface area contributed by atoms with Crippen LogP contribution < -0.4 is 10.4 Å². The molecule has 0 spiro atoms. The van der Waals surface area contributed by atoms with Crippen LogP contribution in [0.4, 0.5) is 0 Å².